The highest BCUT2D eigenvalue weighted by Crippen LogP contribution is 2.15. The van der Waals surface area contributed by atoms with Crippen LogP contribution in [0.3, 0.4) is 0 Å². The van der Waals surface area contributed by atoms with Gasteiger partial charge in [-0.15, -0.1) is 0 Å². The Labute approximate surface area is 85.5 Å². The predicted molar refractivity (Wildman–Crippen MR) is 54.3 cm³/mol. The molecule has 1 N–H and O–H groups in total. The number of methoxy groups -OCH3 is 1. The van der Waals surface area contributed by atoms with E-state index in [2.05, 4.69) is 4.98 Å². The number of rotatable bonds is 2. The summed E-state index contributed by atoms with van der Waals surface area (Å²) in [6.45, 7) is 0.293. The van der Waals surface area contributed by atoms with E-state index in [1.165, 1.54) is 6.20 Å². The summed E-state index contributed by atoms with van der Waals surface area (Å²) in [5.74, 6) is 0. The van der Waals surface area contributed by atoms with E-state index in [1.54, 1.807) is 23.9 Å². The summed E-state index contributed by atoms with van der Waals surface area (Å²) in [6.07, 6.45) is 3.14. The van der Waals surface area contributed by atoms with Crippen LogP contribution in [0.15, 0.2) is 23.3 Å². The van der Waals surface area contributed by atoms with E-state index in [0.717, 1.165) is 0 Å². The van der Waals surface area contributed by atoms with Crippen LogP contribution in [0.1, 0.15) is 5.56 Å². The normalized spacial score (nSPS) is 10.4. The van der Waals surface area contributed by atoms with Crippen molar-refractivity contribution in [3.8, 4) is 6.07 Å². The molecule has 0 aliphatic heterocycles. The molecular weight excluding hydrogens is 194 g/mol. The van der Waals surface area contributed by atoms with Crippen molar-refractivity contribution in [3.05, 3.63) is 34.4 Å². The minimum absolute atomic E-state index is 0.217. The number of fused-ring (bicyclic) bond motifs is 1. The zero-order chi connectivity index (χ0) is 10.8. The Balaban J connectivity index is 2.80. The van der Waals surface area contributed by atoms with Crippen LogP contribution >= 0.6 is 0 Å². The molecule has 76 valence electrons. The first-order valence-corrected chi connectivity index (χ1v) is 4.37. The maximum Gasteiger partial charge on any atom is 0.272 e. The van der Waals surface area contributed by atoms with E-state index in [4.69, 9.17) is 10.00 Å². The summed E-state index contributed by atoms with van der Waals surface area (Å²) in [6, 6.07) is 3.77. The molecule has 0 saturated heterocycles. The van der Waals surface area contributed by atoms with Crippen LogP contribution in [0.25, 0.3) is 10.9 Å². The lowest BCUT2D eigenvalue weighted by molar-refractivity contribution is 0.134. The molecule has 0 bridgehead atoms. The maximum atomic E-state index is 11.6. The minimum Gasteiger partial charge on any atom is -0.364 e. The standard InChI is InChI=1S/C10H9N3O2/c1-15-6-13-3-2-8-7(4-11)5-12-10(14)9(8)13/h2-3,5H,6H2,1H3,(H,12,14). The van der Waals surface area contributed by atoms with Crippen molar-refractivity contribution >= 4 is 10.9 Å². The summed E-state index contributed by atoms with van der Waals surface area (Å²) in [4.78, 5) is 14.1. The summed E-state index contributed by atoms with van der Waals surface area (Å²) in [5.41, 5.74) is 0.710. The van der Waals surface area contributed by atoms with Gasteiger partial charge in [0, 0.05) is 24.9 Å². The smallest absolute Gasteiger partial charge is 0.272 e. The molecule has 2 aromatic heterocycles. The second-order valence-corrected chi connectivity index (χ2v) is 3.11. The Hall–Kier alpha value is -2.06. The SMILES string of the molecule is COCn1ccc2c(C#N)c[nH]c(=O)c21. The molecular formula is C10H9N3O2. The molecule has 15 heavy (non-hydrogen) atoms. The molecule has 0 aliphatic rings. The Morgan fingerprint density at radius 1 is 1.67 bits per heavy atom. The van der Waals surface area contributed by atoms with E-state index in [0.29, 0.717) is 23.2 Å². The molecule has 5 heteroatoms. The van der Waals surface area contributed by atoms with Gasteiger partial charge in [0.15, 0.2) is 0 Å². The summed E-state index contributed by atoms with van der Waals surface area (Å²) in [5, 5.41) is 9.50. The number of nitriles is 1. The van der Waals surface area contributed by atoms with Gasteiger partial charge in [0.1, 0.15) is 18.3 Å². The van der Waals surface area contributed by atoms with Crippen LogP contribution < -0.4 is 5.56 Å². The maximum absolute atomic E-state index is 11.6. The molecule has 2 aromatic rings. The summed E-state index contributed by atoms with van der Waals surface area (Å²) < 4.78 is 6.61. The lowest BCUT2D eigenvalue weighted by Gasteiger charge is -2.01. The quantitative estimate of drug-likeness (QED) is 0.784. The molecule has 5 nitrogen and oxygen atoms in total. The third-order valence-electron chi connectivity index (χ3n) is 2.20. The number of aromatic nitrogens is 2. The van der Waals surface area contributed by atoms with Gasteiger partial charge in [0.2, 0.25) is 0 Å². The largest absolute Gasteiger partial charge is 0.364 e. The van der Waals surface area contributed by atoms with Crippen molar-refractivity contribution in [2.75, 3.05) is 7.11 Å². The van der Waals surface area contributed by atoms with Gasteiger partial charge in [0.05, 0.1) is 5.56 Å². The number of nitrogens with one attached hydrogen (secondary N) is 1. The van der Waals surface area contributed by atoms with Crippen LogP contribution in [0.5, 0.6) is 0 Å². The number of pyridine rings is 1. The summed E-state index contributed by atoms with van der Waals surface area (Å²) >= 11 is 0. The average Bonchev–Trinajstić information content (AvgIpc) is 2.64. The average molecular weight is 203 g/mol. The van der Waals surface area contributed by atoms with E-state index in [9.17, 15) is 4.79 Å². The highest BCUT2D eigenvalue weighted by molar-refractivity contribution is 5.84. The van der Waals surface area contributed by atoms with Crippen molar-refractivity contribution < 1.29 is 4.74 Å². The number of ether oxygens (including phenoxy) is 1. The molecule has 0 saturated carbocycles. The molecule has 2 rings (SSSR count). The van der Waals surface area contributed by atoms with Gasteiger partial charge >= 0.3 is 0 Å². The fraction of sp³-hybridized carbons (Fsp3) is 0.200. The summed E-state index contributed by atoms with van der Waals surface area (Å²) in [7, 11) is 1.55. The molecule has 0 spiro atoms. The first-order chi connectivity index (χ1) is 7.27. The van der Waals surface area contributed by atoms with Gasteiger partial charge in [-0.25, -0.2) is 0 Å². The Bertz CT molecular complexity index is 589. The van der Waals surface area contributed by atoms with E-state index in [1.807, 2.05) is 6.07 Å². The van der Waals surface area contributed by atoms with E-state index < -0.39 is 0 Å². The van der Waals surface area contributed by atoms with Crippen molar-refractivity contribution in [2.24, 2.45) is 0 Å². The number of hydrogen-bond donors (Lipinski definition) is 1. The van der Waals surface area contributed by atoms with Crippen LogP contribution in [-0.2, 0) is 11.5 Å². The molecule has 0 fully saturated rings. The number of nitrogens with zero attached hydrogens (tertiary/aromatic N) is 2. The van der Waals surface area contributed by atoms with Crippen molar-refractivity contribution in [1.82, 2.24) is 9.55 Å². The molecule has 0 aromatic carbocycles. The van der Waals surface area contributed by atoms with Gasteiger partial charge in [-0.3, -0.25) is 4.79 Å². The van der Waals surface area contributed by atoms with E-state index >= 15 is 0 Å². The van der Waals surface area contributed by atoms with Crippen molar-refractivity contribution in [3.63, 3.8) is 0 Å². The van der Waals surface area contributed by atoms with Crippen LogP contribution in [-0.4, -0.2) is 16.7 Å². The van der Waals surface area contributed by atoms with Gasteiger partial charge in [-0.1, -0.05) is 0 Å². The molecule has 0 amide bonds. The molecule has 0 aliphatic carbocycles. The highest BCUT2D eigenvalue weighted by atomic mass is 16.5. The molecule has 0 unspecified atom stereocenters. The van der Waals surface area contributed by atoms with Crippen molar-refractivity contribution in [2.45, 2.75) is 6.73 Å². The lowest BCUT2D eigenvalue weighted by Crippen LogP contribution is -2.11. The second kappa shape index (κ2) is 3.59. The lowest BCUT2D eigenvalue weighted by atomic mass is 10.2. The third-order valence-corrected chi connectivity index (χ3v) is 2.20. The van der Waals surface area contributed by atoms with Crippen LogP contribution in [0, 0.1) is 11.3 Å². The Morgan fingerprint density at radius 3 is 3.13 bits per heavy atom. The fourth-order valence-corrected chi connectivity index (χ4v) is 1.57. The monoisotopic (exact) mass is 203 g/mol. The second-order valence-electron chi connectivity index (χ2n) is 3.11. The van der Waals surface area contributed by atoms with Crippen molar-refractivity contribution in [1.29, 1.82) is 5.26 Å². The van der Waals surface area contributed by atoms with Gasteiger partial charge in [-0.2, -0.15) is 5.26 Å². The first-order valence-electron chi connectivity index (χ1n) is 4.37. The van der Waals surface area contributed by atoms with Gasteiger partial charge < -0.3 is 14.3 Å². The zero-order valence-electron chi connectivity index (χ0n) is 8.15. The highest BCUT2D eigenvalue weighted by Gasteiger charge is 2.08. The first kappa shape index (κ1) is 9.49. The third kappa shape index (κ3) is 1.41. The Morgan fingerprint density at radius 2 is 2.47 bits per heavy atom. The fourth-order valence-electron chi connectivity index (χ4n) is 1.57. The number of hydrogen-bond acceptors (Lipinski definition) is 3. The number of H-pyrrole nitrogens is 1. The topological polar surface area (TPSA) is 70.8 Å². The predicted octanol–water partition coefficient (Wildman–Crippen LogP) is 0.805. The van der Waals surface area contributed by atoms with Crippen LogP contribution in [0.4, 0.5) is 0 Å². The Kier molecular flexibility index (Phi) is 2.27. The minimum atomic E-state index is -0.217. The van der Waals surface area contributed by atoms with E-state index in [-0.39, 0.29) is 5.56 Å². The molecule has 0 radical (unpaired) electrons. The van der Waals surface area contributed by atoms with Gasteiger partial charge in [0.25, 0.3) is 5.56 Å². The molecule has 0 atom stereocenters. The zero-order valence-corrected chi connectivity index (χ0v) is 8.15. The van der Waals surface area contributed by atoms with Gasteiger partial charge in [-0.05, 0) is 6.07 Å². The van der Waals surface area contributed by atoms with Crippen LogP contribution in [0.2, 0.25) is 0 Å². The number of aromatic amines is 1. The molecule has 2 heterocycles.